The van der Waals surface area contributed by atoms with Gasteiger partial charge in [-0.25, -0.2) is 4.79 Å². The number of rotatable bonds is 8. The number of carboxylic acids is 1. The van der Waals surface area contributed by atoms with Crippen LogP contribution >= 0.6 is 0 Å². The number of carbonyl (C=O) groups excluding carboxylic acids is 1. The molecule has 0 fully saturated rings. The Morgan fingerprint density at radius 1 is 0.829 bits per heavy atom. The van der Waals surface area contributed by atoms with Crippen LogP contribution in [-0.2, 0) is 23.7 Å². The van der Waals surface area contributed by atoms with Crippen LogP contribution in [0, 0.1) is 0 Å². The maximum atomic E-state index is 13.8. The van der Waals surface area contributed by atoms with Gasteiger partial charge in [0.05, 0.1) is 0 Å². The Morgan fingerprint density at radius 3 is 2.05 bits per heavy atom. The van der Waals surface area contributed by atoms with E-state index in [1.165, 1.54) is 5.56 Å². The number of amides is 1. The zero-order chi connectivity index (χ0) is 29.1. The summed E-state index contributed by atoms with van der Waals surface area (Å²) in [6, 6.07) is 32.4. The standard InChI is InChI=1S/C35H35N3O3/c1-35(2,3)25-15-17-26(18-16-25)36-27-19-20-30-28(22-27)31(24-13-9-6-10-14-24)32(38(30)4)33(39)37-29(34(40)41)21-23-11-7-5-8-12-23/h5-20,22,29,36H,21H2,1-4H3,(H,37,39)(H,40,41). The van der Waals surface area contributed by atoms with E-state index < -0.39 is 17.9 Å². The van der Waals surface area contributed by atoms with Gasteiger partial charge < -0.3 is 20.3 Å². The molecule has 0 saturated heterocycles. The lowest BCUT2D eigenvalue weighted by Gasteiger charge is -2.19. The molecule has 4 aromatic carbocycles. The van der Waals surface area contributed by atoms with E-state index in [1.54, 1.807) is 0 Å². The quantitative estimate of drug-likeness (QED) is 0.191. The zero-order valence-corrected chi connectivity index (χ0v) is 23.8. The number of carboxylic acid groups (broad SMARTS) is 1. The normalized spacial score (nSPS) is 12.2. The highest BCUT2D eigenvalue weighted by molar-refractivity contribution is 6.11. The van der Waals surface area contributed by atoms with Gasteiger partial charge in [0.1, 0.15) is 11.7 Å². The molecule has 0 aliphatic rings. The summed E-state index contributed by atoms with van der Waals surface area (Å²) in [6.07, 6.45) is 0.189. The molecule has 1 unspecified atom stereocenters. The summed E-state index contributed by atoms with van der Waals surface area (Å²) < 4.78 is 1.84. The number of nitrogens with zero attached hydrogens (tertiary/aromatic N) is 1. The topological polar surface area (TPSA) is 83.4 Å². The molecule has 3 N–H and O–H groups in total. The molecule has 1 heterocycles. The predicted molar refractivity (Wildman–Crippen MR) is 166 cm³/mol. The van der Waals surface area contributed by atoms with Crippen LogP contribution in [-0.4, -0.2) is 27.6 Å². The minimum Gasteiger partial charge on any atom is -0.480 e. The van der Waals surface area contributed by atoms with Crippen molar-refractivity contribution >= 4 is 34.2 Å². The van der Waals surface area contributed by atoms with E-state index in [9.17, 15) is 14.7 Å². The van der Waals surface area contributed by atoms with Crippen LogP contribution in [0.15, 0.2) is 103 Å². The number of hydrogen-bond donors (Lipinski definition) is 3. The molecule has 41 heavy (non-hydrogen) atoms. The van der Waals surface area contributed by atoms with Crippen LogP contribution in [0.2, 0.25) is 0 Å². The van der Waals surface area contributed by atoms with Crippen molar-refractivity contribution in [2.45, 2.75) is 38.6 Å². The molecular formula is C35H35N3O3. The van der Waals surface area contributed by atoms with Crippen LogP contribution < -0.4 is 10.6 Å². The summed E-state index contributed by atoms with van der Waals surface area (Å²) in [6.45, 7) is 6.58. The van der Waals surface area contributed by atoms with Gasteiger partial charge in [-0.05, 0) is 52.4 Å². The molecule has 1 aromatic heterocycles. The fourth-order valence-electron chi connectivity index (χ4n) is 5.18. The third-order valence-corrected chi connectivity index (χ3v) is 7.40. The molecule has 0 saturated carbocycles. The lowest BCUT2D eigenvalue weighted by molar-refractivity contribution is -0.139. The molecule has 0 spiro atoms. The summed E-state index contributed by atoms with van der Waals surface area (Å²) in [7, 11) is 1.84. The fourth-order valence-corrected chi connectivity index (χ4v) is 5.18. The van der Waals surface area contributed by atoms with Crippen molar-refractivity contribution < 1.29 is 14.7 Å². The summed E-state index contributed by atoms with van der Waals surface area (Å²) in [5.41, 5.74) is 6.96. The Morgan fingerprint density at radius 2 is 1.44 bits per heavy atom. The van der Waals surface area contributed by atoms with E-state index in [4.69, 9.17) is 0 Å². The Bertz CT molecular complexity index is 1680. The molecule has 5 rings (SSSR count). The minimum atomic E-state index is -1.08. The smallest absolute Gasteiger partial charge is 0.326 e. The summed E-state index contributed by atoms with van der Waals surface area (Å²) in [5, 5.41) is 17.1. The SMILES string of the molecule is Cn1c(C(=O)NC(Cc2ccccc2)C(=O)O)c(-c2ccccc2)c2cc(Nc3ccc(C(C)(C)C)cc3)ccc21. The summed E-state index contributed by atoms with van der Waals surface area (Å²) >= 11 is 0. The predicted octanol–water partition coefficient (Wildman–Crippen LogP) is 7.31. The lowest BCUT2D eigenvalue weighted by atomic mass is 9.87. The maximum absolute atomic E-state index is 13.8. The first-order chi connectivity index (χ1) is 19.6. The molecular weight excluding hydrogens is 510 g/mol. The van der Waals surface area contributed by atoms with Crippen molar-refractivity contribution in [1.82, 2.24) is 9.88 Å². The first-order valence-electron chi connectivity index (χ1n) is 13.7. The number of hydrogen-bond acceptors (Lipinski definition) is 3. The van der Waals surface area contributed by atoms with E-state index in [2.05, 4.69) is 55.7 Å². The number of nitrogens with one attached hydrogen (secondary N) is 2. The average Bonchev–Trinajstić information content (AvgIpc) is 3.25. The average molecular weight is 546 g/mol. The first kappa shape index (κ1) is 27.7. The molecule has 1 amide bonds. The molecule has 6 heteroatoms. The number of carbonyl (C=O) groups is 2. The van der Waals surface area contributed by atoms with Crippen LogP contribution in [0.5, 0.6) is 0 Å². The second kappa shape index (κ2) is 11.3. The van der Waals surface area contributed by atoms with Gasteiger partial charge in [0.15, 0.2) is 0 Å². The van der Waals surface area contributed by atoms with Crippen LogP contribution in [0.25, 0.3) is 22.0 Å². The summed E-state index contributed by atoms with van der Waals surface area (Å²) in [5.74, 6) is -1.51. The van der Waals surface area contributed by atoms with E-state index >= 15 is 0 Å². The molecule has 0 aliphatic carbocycles. The van der Waals surface area contributed by atoms with Crippen LogP contribution in [0.4, 0.5) is 11.4 Å². The second-order valence-corrected chi connectivity index (χ2v) is 11.4. The third kappa shape index (κ3) is 6.02. The Labute approximate surface area is 240 Å². The van der Waals surface area contributed by atoms with Crippen molar-refractivity contribution in [3.05, 3.63) is 120 Å². The van der Waals surface area contributed by atoms with E-state index in [0.29, 0.717) is 5.69 Å². The second-order valence-electron chi connectivity index (χ2n) is 11.4. The fraction of sp³-hybridized carbons (Fsp3) is 0.200. The van der Waals surface area contributed by atoms with Crippen molar-refractivity contribution in [3.63, 3.8) is 0 Å². The van der Waals surface area contributed by atoms with Crippen molar-refractivity contribution in [1.29, 1.82) is 0 Å². The largest absolute Gasteiger partial charge is 0.480 e. The van der Waals surface area contributed by atoms with Crippen molar-refractivity contribution in [3.8, 4) is 11.1 Å². The lowest BCUT2D eigenvalue weighted by Crippen LogP contribution is -2.43. The number of benzene rings is 4. The molecule has 6 nitrogen and oxygen atoms in total. The Balaban J connectivity index is 1.53. The minimum absolute atomic E-state index is 0.0732. The van der Waals surface area contributed by atoms with Gasteiger partial charge in [0.2, 0.25) is 0 Å². The maximum Gasteiger partial charge on any atom is 0.326 e. The summed E-state index contributed by atoms with van der Waals surface area (Å²) in [4.78, 5) is 26.0. The van der Waals surface area contributed by atoms with Gasteiger partial charge in [-0.15, -0.1) is 0 Å². The monoisotopic (exact) mass is 545 g/mol. The van der Waals surface area contributed by atoms with Gasteiger partial charge in [-0.1, -0.05) is 93.6 Å². The highest BCUT2D eigenvalue weighted by Gasteiger charge is 2.27. The first-order valence-corrected chi connectivity index (χ1v) is 13.7. The van der Waals surface area contributed by atoms with Gasteiger partial charge in [0, 0.05) is 41.3 Å². The molecule has 0 aliphatic heterocycles. The molecule has 5 aromatic rings. The number of aryl methyl sites for hydroxylation is 1. The third-order valence-electron chi connectivity index (χ3n) is 7.40. The highest BCUT2D eigenvalue weighted by Crippen LogP contribution is 2.37. The number of anilines is 2. The molecule has 0 bridgehead atoms. The van der Waals surface area contributed by atoms with Gasteiger partial charge in [0.25, 0.3) is 5.91 Å². The molecule has 1 atom stereocenters. The highest BCUT2D eigenvalue weighted by atomic mass is 16.4. The number of aromatic nitrogens is 1. The van der Waals surface area contributed by atoms with E-state index in [-0.39, 0.29) is 11.8 Å². The van der Waals surface area contributed by atoms with Crippen LogP contribution in [0.3, 0.4) is 0 Å². The van der Waals surface area contributed by atoms with Crippen molar-refractivity contribution in [2.75, 3.05) is 5.32 Å². The van der Waals surface area contributed by atoms with E-state index in [1.807, 2.05) is 90.5 Å². The van der Waals surface area contributed by atoms with Gasteiger partial charge >= 0.3 is 5.97 Å². The Kier molecular flexibility index (Phi) is 7.66. The van der Waals surface area contributed by atoms with Crippen molar-refractivity contribution in [2.24, 2.45) is 7.05 Å². The molecule has 0 radical (unpaired) electrons. The zero-order valence-electron chi connectivity index (χ0n) is 23.8. The Hall–Kier alpha value is -4.84. The number of aliphatic carboxylic acids is 1. The van der Waals surface area contributed by atoms with E-state index in [0.717, 1.165) is 39.0 Å². The van der Waals surface area contributed by atoms with Crippen LogP contribution in [0.1, 0.15) is 42.4 Å². The van der Waals surface area contributed by atoms with Gasteiger partial charge in [-0.2, -0.15) is 0 Å². The van der Waals surface area contributed by atoms with Gasteiger partial charge in [-0.3, -0.25) is 4.79 Å². The molecule has 208 valence electrons. The number of fused-ring (bicyclic) bond motifs is 1.